The van der Waals surface area contributed by atoms with Gasteiger partial charge in [0.2, 0.25) is 0 Å². The zero-order valence-corrected chi connectivity index (χ0v) is 8.47. The third kappa shape index (κ3) is 1.41. The lowest BCUT2D eigenvalue weighted by atomic mass is 9.82. The Morgan fingerprint density at radius 1 is 1.00 bits per heavy atom. The van der Waals surface area contributed by atoms with E-state index >= 15 is 0 Å². The number of rotatable bonds is 1. The standard InChI is InChI=1S/C12H21/c1-9-7-8-12(10(9)2)11-5-3-4-6-11/h9-11H,3-8H2,1-2H3. The van der Waals surface area contributed by atoms with Gasteiger partial charge in [-0.05, 0) is 49.4 Å². The summed E-state index contributed by atoms with van der Waals surface area (Å²) in [5.74, 6) is 4.87. The topological polar surface area (TPSA) is 0 Å². The predicted molar refractivity (Wildman–Crippen MR) is 52.8 cm³/mol. The van der Waals surface area contributed by atoms with Crippen molar-refractivity contribution in [1.29, 1.82) is 0 Å². The summed E-state index contributed by atoms with van der Waals surface area (Å²) in [5, 5.41) is 0. The molecule has 0 heteroatoms. The second-order valence-electron chi connectivity index (χ2n) is 4.86. The Hall–Kier alpha value is 0. The van der Waals surface area contributed by atoms with Gasteiger partial charge < -0.3 is 0 Å². The third-order valence-electron chi connectivity index (χ3n) is 4.21. The van der Waals surface area contributed by atoms with Gasteiger partial charge >= 0.3 is 0 Å². The fraction of sp³-hybridized carbons (Fsp3) is 0.917. The van der Waals surface area contributed by atoms with E-state index in [1.165, 1.54) is 38.5 Å². The quantitative estimate of drug-likeness (QED) is 0.554. The first kappa shape index (κ1) is 8.59. The Morgan fingerprint density at radius 3 is 2.17 bits per heavy atom. The molecule has 0 heterocycles. The maximum absolute atomic E-state index is 2.45. The van der Waals surface area contributed by atoms with Crippen LogP contribution in [0.1, 0.15) is 52.4 Å². The summed E-state index contributed by atoms with van der Waals surface area (Å²) < 4.78 is 0. The Morgan fingerprint density at radius 2 is 1.67 bits per heavy atom. The van der Waals surface area contributed by atoms with Gasteiger partial charge in [-0.1, -0.05) is 26.7 Å². The zero-order valence-electron chi connectivity index (χ0n) is 8.47. The van der Waals surface area contributed by atoms with Crippen molar-refractivity contribution in [3.63, 3.8) is 0 Å². The Kier molecular flexibility index (Phi) is 2.43. The molecule has 0 aromatic rings. The minimum Gasteiger partial charge on any atom is -0.0622 e. The van der Waals surface area contributed by atoms with Crippen LogP contribution in [-0.2, 0) is 0 Å². The van der Waals surface area contributed by atoms with Crippen LogP contribution in [0.15, 0.2) is 0 Å². The molecule has 0 aromatic heterocycles. The predicted octanol–water partition coefficient (Wildman–Crippen LogP) is 3.82. The molecular formula is C12H21. The average molecular weight is 165 g/mol. The molecule has 1 radical (unpaired) electrons. The lowest BCUT2D eigenvalue weighted by molar-refractivity contribution is 0.412. The molecule has 0 nitrogen and oxygen atoms in total. The monoisotopic (exact) mass is 165 g/mol. The third-order valence-corrected chi connectivity index (χ3v) is 4.21. The molecule has 2 rings (SSSR count). The minimum atomic E-state index is 0.938. The molecule has 2 saturated carbocycles. The first-order valence-electron chi connectivity index (χ1n) is 5.64. The van der Waals surface area contributed by atoms with E-state index in [2.05, 4.69) is 13.8 Å². The molecule has 0 N–H and O–H groups in total. The van der Waals surface area contributed by atoms with Crippen LogP contribution in [0.4, 0.5) is 0 Å². The van der Waals surface area contributed by atoms with Gasteiger partial charge in [0.1, 0.15) is 0 Å². The van der Waals surface area contributed by atoms with Gasteiger partial charge in [0.05, 0.1) is 0 Å². The van der Waals surface area contributed by atoms with Gasteiger partial charge in [0.25, 0.3) is 0 Å². The number of hydrogen-bond donors (Lipinski definition) is 0. The van der Waals surface area contributed by atoms with Crippen molar-refractivity contribution in [2.75, 3.05) is 0 Å². The van der Waals surface area contributed by atoms with Crippen molar-refractivity contribution < 1.29 is 0 Å². The van der Waals surface area contributed by atoms with Crippen molar-refractivity contribution in [2.45, 2.75) is 52.4 Å². The molecule has 0 aliphatic heterocycles. The molecule has 0 aromatic carbocycles. The molecule has 0 amide bonds. The van der Waals surface area contributed by atoms with Crippen molar-refractivity contribution in [1.82, 2.24) is 0 Å². The highest BCUT2D eigenvalue weighted by Crippen LogP contribution is 2.47. The van der Waals surface area contributed by atoms with Gasteiger partial charge in [-0.3, -0.25) is 0 Å². The highest BCUT2D eigenvalue weighted by atomic mass is 14.4. The van der Waals surface area contributed by atoms with E-state index in [1.54, 1.807) is 0 Å². The largest absolute Gasteiger partial charge is 0.0622 e. The Labute approximate surface area is 76.7 Å². The molecular weight excluding hydrogens is 144 g/mol. The highest BCUT2D eigenvalue weighted by molar-refractivity contribution is 5.07. The van der Waals surface area contributed by atoms with E-state index < -0.39 is 0 Å². The molecule has 0 bridgehead atoms. The molecule has 0 saturated heterocycles. The molecule has 2 unspecified atom stereocenters. The summed E-state index contributed by atoms with van der Waals surface area (Å²) in [7, 11) is 0. The van der Waals surface area contributed by atoms with Gasteiger partial charge in [-0.15, -0.1) is 0 Å². The van der Waals surface area contributed by atoms with E-state index in [4.69, 9.17) is 0 Å². The molecule has 2 aliphatic carbocycles. The van der Waals surface area contributed by atoms with Gasteiger partial charge in [-0.2, -0.15) is 0 Å². The molecule has 12 heavy (non-hydrogen) atoms. The van der Waals surface area contributed by atoms with Crippen molar-refractivity contribution in [2.24, 2.45) is 17.8 Å². The van der Waals surface area contributed by atoms with Crippen LogP contribution >= 0.6 is 0 Å². The zero-order chi connectivity index (χ0) is 8.55. The van der Waals surface area contributed by atoms with Crippen LogP contribution in [0.25, 0.3) is 0 Å². The van der Waals surface area contributed by atoms with E-state index in [-0.39, 0.29) is 0 Å². The van der Waals surface area contributed by atoms with Crippen molar-refractivity contribution in [3.8, 4) is 0 Å². The molecule has 69 valence electrons. The lowest BCUT2D eigenvalue weighted by Crippen LogP contribution is -2.14. The van der Waals surface area contributed by atoms with E-state index in [0.29, 0.717) is 0 Å². The summed E-state index contributed by atoms with van der Waals surface area (Å²) >= 11 is 0. The van der Waals surface area contributed by atoms with Gasteiger partial charge in [-0.25, -0.2) is 0 Å². The first-order chi connectivity index (χ1) is 5.79. The van der Waals surface area contributed by atoms with E-state index in [1.807, 2.05) is 5.92 Å². The highest BCUT2D eigenvalue weighted by Gasteiger charge is 2.36. The fourth-order valence-electron chi connectivity index (χ4n) is 3.11. The summed E-state index contributed by atoms with van der Waals surface area (Å²) in [6.07, 6.45) is 8.92. The maximum atomic E-state index is 2.45. The fourth-order valence-corrected chi connectivity index (χ4v) is 3.11. The smallest absolute Gasteiger partial charge is 0.0179 e. The van der Waals surface area contributed by atoms with Crippen LogP contribution in [0, 0.1) is 23.7 Å². The second-order valence-corrected chi connectivity index (χ2v) is 4.86. The van der Waals surface area contributed by atoms with Crippen LogP contribution in [0.2, 0.25) is 0 Å². The Bertz CT molecular complexity index is 144. The first-order valence-corrected chi connectivity index (χ1v) is 5.64. The molecule has 2 fully saturated rings. The lowest BCUT2D eigenvalue weighted by Gasteiger charge is -2.23. The van der Waals surface area contributed by atoms with Crippen LogP contribution in [-0.4, -0.2) is 0 Å². The summed E-state index contributed by atoms with van der Waals surface area (Å²) in [5.41, 5.74) is 0. The van der Waals surface area contributed by atoms with Crippen LogP contribution < -0.4 is 0 Å². The molecule has 0 spiro atoms. The summed E-state index contributed by atoms with van der Waals surface area (Å²) in [6.45, 7) is 4.87. The van der Waals surface area contributed by atoms with Crippen molar-refractivity contribution >= 4 is 0 Å². The molecule has 2 aliphatic rings. The summed E-state index contributed by atoms with van der Waals surface area (Å²) in [4.78, 5) is 0. The maximum Gasteiger partial charge on any atom is -0.0179 e. The van der Waals surface area contributed by atoms with Crippen molar-refractivity contribution in [3.05, 3.63) is 5.92 Å². The Balaban J connectivity index is 1.95. The van der Waals surface area contributed by atoms with E-state index in [0.717, 1.165) is 17.8 Å². The van der Waals surface area contributed by atoms with E-state index in [9.17, 15) is 0 Å². The second kappa shape index (κ2) is 3.40. The SMILES string of the molecule is CC1CC[C](C2CCCC2)C1C. The van der Waals surface area contributed by atoms with Crippen LogP contribution in [0.3, 0.4) is 0 Å². The van der Waals surface area contributed by atoms with Gasteiger partial charge in [0, 0.05) is 0 Å². The normalized spacial score (nSPS) is 39.5. The average Bonchev–Trinajstić information content (AvgIpc) is 2.64. The number of hydrogen-bond acceptors (Lipinski definition) is 0. The minimum absolute atomic E-state index is 0.938. The van der Waals surface area contributed by atoms with Gasteiger partial charge in [0.15, 0.2) is 0 Å². The summed E-state index contributed by atoms with van der Waals surface area (Å²) in [6, 6.07) is 0. The molecule has 2 atom stereocenters. The van der Waals surface area contributed by atoms with Crippen LogP contribution in [0.5, 0.6) is 0 Å².